The molecule has 0 radical (unpaired) electrons. The maximum Gasteiger partial charge on any atom is 0.255 e. The molecule has 4 rings (SSSR count). The Morgan fingerprint density at radius 1 is 1.18 bits per heavy atom. The van der Waals surface area contributed by atoms with Gasteiger partial charge in [-0.05, 0) is 18.8 Å². The summed E-state index contributed by atoms with van der Waals surface area (Å²) in [7, 11) is 0. The number of halogens is 2. The molecule has 3 aliphatic carbocycles. The van der Waals surface area contributed by atoms with Gasteiger partial charge in [0, 0.05) is 41.6 Å². The van der Waals surface area contributed by atoms with Crippen LogP contribution in [0.5, 0.6) is 5.75 Å². The number of hydrogen-bond donors (Lipinski definition) is 6. The average Bonchev–Trinajstić information content (AvgIpc) is 2.74. The van der Waals surface area contributed by atoms with Gasteiger partial charge in [0.2, 0.25) is 5.78 Å². The number of rotatable bonds is 4. The minimum absolute atomic E-state index is 0.143. The quantitative estimate of drug-likeness (QED) is 0.352. The van der Waals surface area contributed by atoms with Crippen molar-refractivity contribution >= 4 is 17.5 Å². The van der Waals surface area contributed by atoms with Crippen LogP contribution in [-0.2, 0) is 22.6 Å². The maximum atomic E-state index is 15.0. The molecule has 0 aromatic heterocycles. The first kappa shape index (κ1) is 23.8. The monoisotopic (exact) mass is 478 g/mol. The predicted molar refractivity (Wildman–Crippen MR) is 113 cm³/mol. The summed E-state index contributed by atoms with van der Waals surface area (Å²) >= 11 is 0. The van der Waals surface area contributed by atoms with Crippen LogP contribution in [-0.4, -0.2) is 49.5 Å². The standard InChI is InChI=1S/C23H24F2N2O7/c1-7(2)27-6-11-17(25)16(24)10-4-8-3-9-5-12(28)15(22(26)33)21(32)23(9,34)20(31)13(8)19(30)14(10)18(11)29/h7-9,27-29,31,34H,3-6H2,1-2H3,(H2,26,33)/t8?,9-,23-/m0/s1. The summed E-state index contributed by atoms with van der Waals surface area (Å²) in [5, 5.41) is 45.8. The number of amides is 1. The van der Waals surface area contributed by atoms with Gasteiger partial charge in [0.25, 0.3) is 5.91 Å². The number of primary amides is 1. The van der Waals surface area contributed by atoms with Gasteiger partial charge in [0.05, 0.1) is 5.56 Å². The molecule has 11 heteroatoms. The van der Waals surface area contributed by atoms with E-state index in [1.54, 1.807) is 13.8 Å². The number of hydrogen-bond acceptors (Lipinski definition) is 8. The van der Waals surface area contributed by atoms with Crippen LogP contribution in [0.2, 0.25) is 0 Å². The lowest BCUT2D eigenvalue weighted by Crippen LogP contribution is -2.57. The molecule has 0 bridgehead atoms. The largest absolute Gasteiger partial charge is 0.511 e. The van der Waals surface area contributed by atoms with Crippen LogP contribution in [0.1, 0.15) is 48.2 Å². The Hall–Kier alpha value is -3.31. The Bertz CT molecular complexity index is 1220. The average molecular weight is 478 g/mol. The molecular weight excluding hydrogens is 454 g/mol. The van der Waals surface area contributed by atoms with Gasteiger partial charge in [-0.2, -0.15) is 0 Å². The fraction of sp³-hybridized carbons (Fsp3) is 0.435. The molecule has 3 atom stereocenters. The molecule has 9 nitrogen and oxygen atoms in total. The number of nitrogens with one attached hydrogen (secondary N) is 1. The summed E-state index contributed by atoms with van der Waals surface area (Å²) in [6.45, 7) is 3.21. The number of ketones is 2. The van der Waals surface area contributed by atoms with Gasteiger partial charge in [-0.25, -0.2) is 8.78 Å². The van der Waals surface area contributed by atoms with Crippen molar-refractivity contribution in [2.24, 2.45) is 17.6 Å². The number of phenols is 1. The van der Waals surface area contributed by atoms with E-state index in [2.05, 4.69) is 5.32 Å². The number of carbonyl (C=O) groups excluding carboxylic acids is 3. The molecule has 1 unspecified atom stereocenters. The van der Waals surface area contributed by atoms with Gasteiger partial charge in [-0.1, -0.05) is 13.8 Å². The first-order chi connectivity index (χ1) is 15.8. The number of nitrogens with two attached hydrogens (primary N) is 1. The Balaban J connectivity index is 1.89. The van der Waals surface area contributed by atoms with E-state index in [-0.39, 0.29) is 31.0 Å². The van der Waals surface area contributed by atoms with Crippen molar-refractivity contribution < 1.29 is 43.6 Å². The second-order valence-corrected chi connectivity index (χ2v) is 9.25. The first-order valence-corrected chi connectivity index (χ1v) is 10.7. The van der Waals surface area contributed by atoms with E-state index in [0.29, 0.717) is 0 Å². The Morgan fingerprint density at radius 3 is 2.41 bits per heavy atom. The van der Waals surface area contributed by atoms with Crippen LogP contribution in [0, 0.1) is 23.5 Å². The Morgan fingerprint density at radius 2 is 1.82 bits per heavy atom. The van der Waals surface area contributed by atoms with E-state index >= 15 is 4.39 Å². The number of benzene rings is 1. The van der Waals surface area contributed by atoms with E-state index in [4.69, 9.17) is 5.73 Å². The summed E-state index contributed by atoms with van der Waals surface area (Å²) in [6.07, 6.45) is -0.874. The molecule has 182 valence electrons. The summed E-state index contributed by atoms with van der Waals surface area (Å²) in [4.78, 5) is 37.9. The summed E-state index contributed by atoms with van der Waals surface area (Å²) in [6, 6.07) is -0.143. The Kier molecular flexibility index (Phi) is 5.52. The molecule has 0 saturated carbocycles. The number of Topliss-reactive ketones (excluding diaryl/α,β-unsaturated/α-hetero) is 2. The molecule has 0 saturated heterocycles. The van der Waals surface area contributed by atoms with Crippen molar-refractivity contribution in [2.75, 3.05) is 0 Å². The Labute approximate surface area is 192 Å². The summed E-state index contributed by atoms with van der Waals surface area (Å²) < 4.78 is 29.8. The third kappa shape index (κ3) is 3.14. The minimum atomic E-state index is -2.72. The second-order valence-electron chi connectivity index (χ2n) is 9.25. The van der Waals surface area contributed by atoms with Crippen molar-refractivity contribution in [2.45, 2.75) is 51.3 Å². The van der Waals surface area contributed by atoms with Gasteiger partial charge in [-0.3, -0.25) is 14.4 Å². The van der Waals surface area contributed by atoms with Crippen LogP contribution < -0.4 is 11.1 Å². The number of fused-ring (bicyclic) bond motifs is 3. The third-order valence-electron chi connectivity index (χ3n) is 6.89. The minimum Gasteiger partial charge on any atom is -0.511 e. The van der Waals surface area contributed by atoms with Gasteiger partial charge < -0.3 is 31.5 Å². The van der Waals surface area contributed by atoms with Gasteiger partial charge in [0.1, 0.15) is 22.8 Å². The van der Waals surface area contributed by atoms with Crippen molar-refractivity contribution in [1.82, 2.24) is 5.32 Å². The topological polar surface area (TPSA) is 170 Å². The zero-order chi connectivity index (χ0) is 25.3. The van der Waals surface area contributed by atoms with Crippen LogP contribution >= 0.6 is 0 Å². The molecule has 0 heterocycles. The fourth-order valence-electron chi connectivity index (χ4n) is 5.19. The molecular formula is C23H24F2N2O7. The van der Waals surface area contributed by atoms with Gasteiger partial charge >= 0.3 is 0 Å². The van der Waals surface area contributed by atoms with E-state index in [1.807, 2.05) is 0 Å². The molecule has 0 aliphatic heterocycles. The zero-order valence-corrected chi connectivity index (χ0v) is 18.4. The lowest BCUT2D eigenvalue weighted by molar-refractivity contribution is -0.144. The highest BCUT2D eigenvalue weighted by atomic mass is 19.2. The second kappa shape index (κ2) is 7.88. The highest BCUT2D eigenvalue weighted by Crippen LogP contribution is 2.52. The highest BCUT2D eigenvalue weighted by Gasteiger charge is 2.59. The fourth-order valence-corrected chi connectivity index (χ4v) is 5.19. The van der Waals surface area contributed by atoms with Crippen LogP contribution in [0.25, 0.3) is 0 Å². The van der Waals surface area contributed by atoms with Crippen molar-refractivity contribution in [3.8, 4) is 5.75 Å². The summed E-state index contributed by atoms with van der Waals surface area (Å²) in [5.41, 5.74) is -0.297. The van der Waals surface area contributed by atoms with Crippen LogP contribution in [0.4, 0.5) is 8.78 Å². The van der Waals surface area contributed by atoms with E-state index in [0.717, 1.165) is 0 Å². The number of allylic oxidation sites excluding steroid dienone is 2. The number of carbonyl (C=O) groups is 3. The maximum absolute atomic E-state index is 15.0. The van der Waals surface area contributed by atoms with Crippen molar-refractivity contribution in [1.29, 1.82) is 0 Å². The molecule has 0 fully saturated rings. The lowest BCUT2D eigenvalue weighted by atomic mass is 9.60. The predicted octanol–water partition coefficient (Wildman–Crippen LogP) is 1.36. The van der Waals surface area contributed by atoms with Gasteiger partial charge in [-0.15, -0.1) is 0 Å². The van der Waals surface area contributed by atoms with Crippen molar-refractivity contribution in [3.05, 3.63) is 51.0 Å². The normalized spacial score (nSPS) is 26.5. The number of aliphatic hydroxyl groups excluding tert-OH is 2. The molecule has 1 aromatic rings. The molecule has 34 heavy (non-hydrogen) atoms. The highest BCUT2D eigenvalue weighted by molar-refractivity contribution is 6.24. The van der Waals surface area contributed by atoms with E-state index in [9.17, 15) is 39.2 Å². The lowest BCUT2D eigenvalue weighted by Gasteiger charge is -2.45. The molecule has 0 spiro atoms. The molecule has 3 aliphatic rings. The van der Waals surface area contributed by atoms with Crippen LogP contribution in [0.15, 0.2) is 22.7 Å². The van der Waals surface area contributed by atoms with Crippen molar-refractivity contribution in [3.63, 3.8) is 0 Å². The molecule has 7 N–H and O–H groups in total. The smallest absolute Gasteiger partial charge is 0.255 e. The SMILES string of the molecule is CC(C)NCc1c(O)c2c(c(F)c1F)CC1C[C@H]3CC(O)=C(C(N)=O)C(=O)[C@@]3(O)C(O)=C1C2=O. The number of phenolic OH excluding ortho intramolecular Hbond substituents is 1. The first-order valence-electron chi connectivity index (χ1n) is 10.7. The number of aromatic hydroxyl groups is 1. The molecule has 1 aromatic carbocycles. The van der Waals surface area contributed by atoms with E-state index in [1.165, 1.54) is 0 Å². The number of aliphatic hydroxyl groups is 3. The van der Waals surface area contributed by atoms with Crippen LogP contribution in [0.3, 0.4) is 0 Å². The zero-order valence-electron chi connectivity index (χ0n) is 18.4. The third-order valence-corrected chi connectivity index (χ3v) is 6.89. The molecule has 1 amide bonds. The van der Waals surface area contributed by atoms with Gasteiger partial charge in [0.15, 0.2) is 23.0 Å². The van der Waals surface area contributed by atoms with E-state index < -0.39 is 92.5 Å². The summed E-state index contributed by atoms with van der Waals surface area (Å²) in [5.74, 6) is -10.9.